The van der Waals surface area contributed by atoms with Crippen LogP contribution in [0.25, 0.3) is 0 Å². The Morgan fingerprint density at radius 2 is 1.94 bits per heavy atom. The van der Waals surface area contributed by atoms with E-state index in [2.05, 4.69) is 6.92 Å². The second-order valence-electron chi connectivity index (χ2n) is 8.79. The van der Waals surface area contributed by atoms with Crippen molar-refractivity contribution in [2.24, 2.45) is 0 Å². The van der Waals surface area contributed by atoms with E-state index >= 15 is 0 Å². The summed E-state index contributed by atoms with van der Waals surface area (Å²) in [6.07, 6.45) is 4.64. The minimum Gasteiger partial charge on any atom is -0.459 e. The van der Waals surface area contributed by atoms with Crippen molar-refractivity contribution < 1.29 is 24.2 Å². The molecule has 2 atom stereocenters. The van der Waals surface area contributed by atoms with Gasteiger partial charge in [0, 0.05) is 17.0 Å². The Kier molecular flexibility index (Phi) is 9.47. The van der Waals surface area contributed by atoms with E-state index in [4.69, 9.17) is 9.47 Å². The highest BCUT2D eigenvalue weighted by atomic mass is 32.1. The third-order valence-corrected chi connectivity index (χ3v) is 6.76. The van der Waals surface area contributed by atoms with Crippen LogP contribution in [0.5, 0.6) is 0 Å². The Hall–Kier alpha value is -2.22. The van der Waals surface area contributed by atoms with Gasteiger partial charge < -0.3 is 19.5 Å². The van der Waals surface area contributed by atoms with Crippen molar-refractivity contribution in [3.63, 3.8) is 0 Å². The zero-order valence-electron chi connectivity index (χ0n) is 19.8. The first-order chi connectivity index (χ1) is 15.9. The molecule has 33 heavy (non-hydrogen) atoms. The van der Waals surface area contributed by atoms with Crippen LogP contribution in [0.4, 0.5) is 5.69 Å². The number of benzene rings is 1. The normalized spacial score (nSPS) is 17.1. The first-order valence-corrected chi connectivity index (χ1v) is 12.7. The average molecular weight is 474 g/mol. The van der Waals surface area contributed by atoms with Crippen LogP contribution >= 0.6 is 11.3 Å². The molecule has 0 bridgehead atoms. The Balaban J connectivity index is 1.54. The number of carbonyl (C=O) groups is 2. The molecule has 0 saturated carbocycles. The standard InChI is InChI=1S/C26H35NO5S/c1-4-5-6-7-23(28)19-8-10-20(11-9-19)27-21(12-15-25(27)29)16-31-17-22-13-14-24(33-22)26(30)32-18(2)3/h8-11,13-14,18,21,23,28H,4-7,12,15-17H2,1-3H3/t21?,23-/m1/s1. The molecule has 0 radical (unpaired) electrons. The van der Waals surface area contributed by atoms with Crippen LogP contribution in [0.1, 0.15) is 85.5 Å². The smallest absolute Gasteiger partial charge is 0.348 e. The molecule has 1 aromatic carbocycles. The molecule has 1 aliphatic rings. The summed E-state index contributed by atoms with van der Waals surface area (Å²) in [6.45, 7) is 6.62. The van der Waals surface area contributed by atoms with Gasteiger partial charge in [-0.2, -0.15) is 0 Å². The summed E-state index contributed by atoms with van der Waals surface area (Å²) in [5.41, 5.74) is 1.73. The highest BCUT2D eigenvalue weighted by Crippen LogP contribution is 2.29. The van der Waals surface area contributed by atoms with Crippen molar-refractivity contribution in [1.29, 1.82) is 0 Å². The number of carbonyl (C=O) groups excluding carboxylic acids is 2. The van der Waals surface area contributed by atoms with Gasteiger partial charge >= 0.3 is 5.97 Å². The van der Waals surface area contributed by atoms with E-state index in [0.717, 1.165) is 48.2 Å². The number of rotatable bonds is 12. The molecule has 2 heterocycles. The lowest BCUT2D eigenvalue weighted by Crippen LogP contribution is -2.36. The largest absolute Gasteiger partial charge is 0.459 e. The number of thiophene rings is 1. The predicted octanol–water partition coefficient (Wildman–Crippen LogP) is 5.64. The van der Waals surface area contributed by atoms with Gasteiger partial charge in [-0.25, -0.2) is 4.79 Å². The van der Waals surface area contributed by atoms with Crippen LogP contribution in [-0.4, -0.2) is 35.7 Å². The molecule has 7 heteroatoms. The molecule has 3 rings (SSSR count). The van der Waals surface area contributed by atoms with Gasteiger partial charge in [0.05, 0.1) is 31.5 Å². The van der Waals surface area contributed by atoms with Crippen LogP contribution in [0.3, 0.4) is 0 Å². The first-order valence-electron chi connectivity index (χ1n) is 11.9. The van der Waals surface area contributed by atoms with Gasteiger partial charge in [-0.1, -0.05) is 38.3 Å². The van der Waals surface area contributed by atoms with Gasteiger partial charge in [-0.3, -0.25) is 4.79 Å². The summed E-state index contributed by atoms with van der Waals surface area (Å²) in [7, 11) is 0. The SMILES string of the molecule is CCCCC[C@@H](O)c1ccc(N2C(=O)CCC2COCc2ccc(C(=O)OC(C)C)s2)cc1. The predicted molar refractivity (Wildman–Crippen MR) is 131 cm³/mol. The molecule has 1 aromatic heterocycles. The van der Waals surface area contributed by atoms with Gasteiger partial charge in [0.1, 0.15) is 4.88 Å². The second-order valence-corrected chi connectivity index (χ2v) is 9.96. The van der Waals surface area contributed by atoms with E-state index in [-0.39, 0.29) is 24.0 Å². The number of unbranched alkanes of at least 4 members (excludes halogenated alkanes) is 2. The first kappa shape index (κ1) is 25.4. The maximum atomic E-state index is 12.5. The molecule has 1 aliphatic heterocycles. The highest BCUT2D eigenvalue weighted by Gasteiger charge is 2.32. The third kappa shape index (κ3) is 7.13. The Morgan fingerprint density at radius 3 is 2.64 bits per heavy atom. The Bertz CT molecular complexity index is 908. The Morgan fingerprint density at radius 1 is 1.18 bits per heavy atom. The molecule has 1 N–H and O–H groups in total. The van der Waals surface area contributed by atoms with E-state index in [9.17, 15) is 14.7 Å². The number of ether oxygens (including phenoxy) is 2. The summed E-state index contributed by atoms with van der Waals surface area (Å²) < 4.78 is 11.1. The van der Waals surface area contributed by atoms with Crippen molar-refractivity contribution in [3.8, 4) is 0 Å². The monoisotopic (exact) mass is 473 g/mol. The van der Waals surface area contributed by atoms with Crippen molar-refractivity contribution in [3.05, 3.63) is 51.7 Å². The lowest BCUT2D eigenvalue weighted by molar-refractivity contribution is -0.117. The van der Waals surface area contributed by atoms with Gasteiger partial charge in [0.2, 0.25) is 5.91 Å². The van der Waals surface area contributed by atoms with Gasteiger partial charge in [-0.15, -0.1) is 11.3 Å². The van der Waals surface area contributed by atoms with Crippen molar-refractivity contribution >= 4 is 28.9 Å². The minimum atomic E-state index is -0.465. The Labute approximate surface area is 200 Å². The lowest BCUT2D eigenvalue weighted by atomic mass is 10.0. The topological polar surface area (TPSA) is 76.1 Å². The number of hydrogen-bond acceptors (Lipinski definition) is 6. The molecular formula is C26H35NO5S. The van der Waals surface area contributed by atoms with E-state index in [1.807, 2.05) is 49.1 Å². The summed E-state index contributed by atoms with van der Waals surface area (Å²) in [5.74, 6) is -0.220. The fourth-order valence-electron chi connectivity index (χ4n) is 4.00. The summed E-state index contributed by atoms with van der Waals surface area (Å²) in [6, 6.07) is 11.3. The molecule has 180 valence electrons. The summed E-state index contributed by atoms with van der Waals surface area (Å²) >= 11 is 1.37. The number of esters is 1. The molecule has 2 aromatic rings. The molecule has 1 unspecified atom stereocenters. The summed E-state index contributed by atoms with van der Waals surface area (Å²) in [5, 5.41) is 10.4. The van der Waals surface area contributed by atoms with Crippen LogP contribution in [-0.2, 0) is 20.9 Å². The number of anilines is 1. The average Bonchev–Trinajstić information content (AvgIpc) is 3.40. The zero-order chi connectivity index (χ0) is 23.8. The van der Waals surface area contributed by atoms with Gasteiger partial charge in [0.25, 0.3) is 0 Å². The number of amides is 1. The van der Waals surface area contributed by atoms with Crippen molar-refractivity contribution in [1.82, 2.24) is 0 Å². The van der Waals surface area contributed by atoms with Crippen LogP contribution in [0, 0.1) is 0 Å². The summed E-state index contributed by atoms with van der Waals surface area (Å²) in [4.78, 5) is 27.9. The van der Waals surface area contributed by atoms with Crippen molar-refractivity contribution in [2.75, 3.05) is 11.5 Å². The fourth-order valence-corrected chi connectivity index (χ4v) is 4.83. The number of aliphatic hydroxyl groups is 1. The molecule has 0 aliphatic carbocycles. The zero-order valence-corrected chi connectivity index (χ0v) is 20.6. The van der Waals surface area contributed by atoms with Gasteiger partial charge in [0.15, 0.2) is 0 Å². The van der Waals surface area contributed by atoms with Gasteiger partial charge in [-0.05, 0) is 56.5 Å². The number of aliphatic hydroxyl groups excluding tert-OH is 1. The molecular weight excluding hydrogens is 438 g/mol. The second kappa shape index (κ2) is 12.3. The molecule has 1 saturated heterocycles. The highest BCUT2D eigenvalue weighted by molar-refractivity contribution is 7.13. The number of hydrogen-bond donors (Lipinski definition) is 1. The van der Waals surface area contributed by atoms with Crippen LogP contribution < -0.4 is 4.90 Å². The molecule has 0 spiro atoms. The molecule has 1 amide bonds. The maximum absolute atomic E-state index is 12.5. The van der Waals surface area contributed by atoms with E-state index in [0.29, 0.717) is 24.5 Å². The third-order valence-electron chi connectivity index (χ3n) is 5.72. The van der Waals surface area contributed by atoms with E-state index < -0.39 is 6.10 Å². The fraction of sp³-hybridized carbons (Fsp3) is 0.538. The number of nitrogens with zero attached hydrogens (tertiary/aromatic N) is 1. The van der Waals surface area contributed by atoms with E-state index in [1.54, 1.807) is 6.07 Å². The molecule has 6 nitrogen and oxygen atoms in total. The van der Waals surface area contributed by atoms with E-state index in [1.165, 1.54) is 11.3 Å². The molecule has 1 fully saturated rings. The lowest BCUT2D eigenvalue weighted by Gasteiger charge is -2.25. The van der Waals surface area contributed by atoms with Crippen LogP contribution in [0.2, 0.25) is 0 Å². The van der Waals surface area contributed by atoms with Crippen molar-refractivity contribution in [2.45, 2.75) is 84.2 Å². The quantitative estimate of drug-likeness (QED) is 0.319. The minimum absolute atomic E-state index is 0.0248. The maximum Gasteiger partial charge on any atom is 0.348 e. The van der Waals surface area contributed by atoms with Crippen LogP contribution in [0.15, 0.2) is 36.4 Å².